The van der Waals surface area contributed by atoms with Crippen molar-refractivity contribution in [3.63, 3.8) is 0 Å². The molecular weight excluding hydrogens is 360 g/mol. The topological polar surface area (TPSA) is 17.1 Å². The number of carbonyl (C=O) groups excluding carboxylic acids is 1. The minimum Gasteiger partial charge on any atom is -0.293 e. The molecule has 0 aromatic heterocycles. The van der Waals surface area contributed by atoms with Gasteiger partial charge in [0.25, 0.3) is 0 Å². The normalized spacial score (nSPS) is 22.3. The molecule has 2 heteroatoms. The van der Waals surface area contributed by atoms with Crippen molar-refractivity contribution < 1.29 is 4.79 Å². The maximum absolute atomic E-state index is 12.5. The van der Waals surface area contributed by atoms with Crippen LogP contribution >= 0.6 is 15.9 Å². The second-order valence-corrected chi connectivity index (χ2v) is 8.56. The summed E-state index contributed by atoms with van der Waals surface area (Å²) in [7, 11) is 0. The number of ketones is 1. The Balaban J connectivity index is 1.87. The summed E-state index contributed by atoms with van der Waals surface area (Å²) in [5, 5.41) is 0. The summed E-state index contributed by atoms with van der Waals surface area (Å²) in [6.07, 6.45) is 12.6. The molecule has 1 atom stereocenters. The van der Waals surface area contributed by atoms with Gasteiger partial charge in [-0.3, -0.25) is 4.79 Å². The summed E-state index contributed by atoms with van der Waals surface area (Å²) in [6.45, 7) is 4.49. The van der Waals surface area contributed by atoms with Crippen molar-refractivity contribution in [2.75, 3.05) is 0 Å². The van der Waals surface area contributed by atoms with Crippen LogP contribution in [0.5, 0.6) is 0 Å². The molecule has 134 valence electrons. The summed E-state index contributed by atoms with van der Waals surface area (Å²) < 4.78 is 0. The lowest BCUT2D eigenvalue weighted by molar-refractivity contribution is 0.0988. The van der Waals surface area contributed by atoms with Crippen LogP contribution in [0, 0.1) is 5.92 Å². The van der Waals surface area contributed by atoms with Gasteiger partial charge in [0.2, 0.25) is 0 Å². The molecule has 0 bridgehead atoms. The number of unbranched alkanes of at least 4 members (excludes halogenated alkanes) is 2. The van der Waals surface area contributed by atoms with E-state index in [0.717, 1.165) is 24.3 Å². The van der Waals surface area contributed by atoms with Gasteiger partial charge in [0, 0.05) is 5.56 Å². The fraction of sp³-hybridized carbons (Fsp3) is 0.682. The Morgan fingerprint density at radius 3 is 2.29 bits per heavy atom. The number of halogens is 1. The number of benzene rings is 1. The molecule has 0 aliphatic heterocycles. The highest BCUT2D eigenvalue weighted by atomic mass is 79.9. The van der Waals surface area contributed by atoms with Crippen LogP contribution in [0.25, 0.3) is 0 Å². The zero-order valence-electron chi connectivity index (χ0n) is 15.4. The Morgan fingerprint density at radius 1 is 1.04 bits per heavy atom. The van der Waals surface area contributed by atoms with Crippen molar-refractivity contribution in [3.8, 4) is 0 Å². The smallest absolute Gasteiger partial charge is 0.176 e. The monoisotopic (exact) mass is 392 g/mol. The van der Waals surface area contributed by atoms with Crippen molar-refractivity contribution in [2.45, 2.75) is 88.8 Å². The lowest BCUT2D eigenvalue weighted by Gasteiger charge is -2.28. The van der Waals surface area contributed by atoms with Gasteiger partial charge in [0.15, 0.2) is 5.78 Å². The van der Waals surface area contributed by atoms with Crippen LogP contribution in [-0.2, 0) is 0 Å². The van der Waals surface area contributed by atoms with Gasteiger partial charge in [-0.2, -0.15) is 0 Å². The molecule has 24 heavy (non-hydrogen) atoms. The highest BCUT2D eigenvalue weighted by Crippen LogP contribution is 2.37. The average Bonchev–Trinajstić information content (AvgIpc) is 2.62. The SMILES string of the molecule is CCCCCC(Br)C(=O)c1ccc(C2CCC(CCC)CC2)cc1. The Hall–Kier alpha value is -0.630. The summed E-state index contributed by atoms with van der Waals surface area (Å²) in [5.41, 5.74) is 2.29. The molecule has 0 amide bonds. The van der Waals surface area contributed by atoms with E-state index in [2.05, 4.69) is 41.9 Å². The van der Waals surface area contributed by atoms with E-state index >= 15 is 0 Å². The molecular formula is C22H33BrO. The van der Waals surface area contributed by atoms with Gasteiger partial charge in [-0.15, -0.1) is 0 Å². The van der Waals surface area contributed by atoms with Gasteiger partial charge < -0.3 is 0 Å². The van der Waals surface area contributed by atoms with Crippen molar-refractivity contribution in [3.05, 3.63) is 35.4 Å². The minimum atomic E-state index is -0.0283. The minimum absolute atomic E-state index is 0.0283. The molecule has 1 aliphatic rings. The molecule has 1 nitrogen and oxygen atoms in total. The Morgan fingerprint density at radius 2 is 1.71 bits per heavy atom. The lowest BCUT2D eigenvalue weighted by Crippen LogP contribution is -2.15. The largest absolute Gasteiger partial charge is 0.293 e. The quantitative estimate of drug-likeness (QED) is 0.245. The van der Waals surface area contributed by atoms with E-state index in [1.807, 2.05) is 12.1 Å². The first-order chi connectivity index (χ1) is 11.7. The molecule has 1 aromatic rings. The van der Waals surface area contributed by atoms with E-state index in [1.54, 1.807) is 0 Å². The highest BCUT2D eigenvalue weighted by Gasteiger charge is 2.22. The second-order valence-electron chi connectivity index (χ2n) is 7.46. The molecule has 1 aliphatic carbocycles. The van der Waals surface area contributed by atoms with Gasteiger partial charge in [-0.1, -0.05) is 86.1 Å². The first-order valence-electron chi connectivity index (χ1n) is 9.93. The molecule has 0 radical (unpaired) electrons. The maximum atomic E-state index is 12.5. The molecule has 1 aromatic carbocycles. The third kappa shape index (κ3) is 5.72. The standard InChI is InChI=1S/C22H33BrO/c1-3-5-6-8-21(23)22(24)20-15-13-19(14-16-20)18-11-9-17(7-4-2)10-12-18/h13-18,21H,3-12H2,1-2H3. The van der Waals surface area contributed by atoms with Crippen molar-refractivity contribution >= 4 is 21.7 Å². The van der Waals surface area contributed by atoms with Gasteiger partial charge in [0.05, 0.1) is 4.83 Å². The molecule has 1 saturated carbocycles. The summed E-state index contributed by atoms with van der Waals surface area (Å²) in [6, 6.07) is 8.49. The van der Waals surface area contributed by atoms with Gasteiger partial charge in [-0.05, 0) is 49.5 Å². The zero-order valence-corrected chi connectivity index (χ0v) is 17.0. The van der Waals surface area contributed by atoms with Crippen LogP contribution in [-0.4, -0.2) is 10.6 Å². The summed E-state index contributed by atoms with van der Waals surface area (Å²) in [5.74, 6) is 1.89. The van der Waals surface area contributed by atoms with E-state index in [-0.39, 0.29) is 10.6 Å². The molecule has 1 fully saturated rings. The summed E-state index contributed by atoms with van der Waals surface area (Å²) in [4.78, 5) is 12.5. The molecule has 0 spiro atoms. The van der Waals surface area contributed by atoms with Gasteiger partial charge >= 0.3 is 0 Å². The summed E-state index contributed by atoms with van der Waals surface area (Å²) >= 11 is 3.58. The maximum Gasteiger partial charge on any atom is 0.176 e. The van der Waals surface area contributed by atoms with E-state index in [9.17, 15) is 4.79 Å². The predicted molar refractivity (Wildman–Crippen MR) is 107 cm³/mol. The Labute approximate surface area is 156 Å². The fourth-order valence-corrected chi connectivity index (χ4v) is 4.59. The van der Waals surface area contributed by atoms with Crippen LogP contribution in [0.2, 0.25) is 0 Å². The number of rotatable bonds is 9. The number of hydrogen-bond acceptors (Lipinski definition) is 1. The van der Waals surface area contributed by atoms with E-state index in [4.69, 9.17) is 0 Å². The molecule has 0 heterocycles. The first-order valence-corrected chi connectivity index (χ1v) is 10.9. The molecule has 0 saturated heterocycles. The van der Waals surface area contributed by atoms with E-state index in [0.29, 0.717) is 5.92 Å². The molecule has 0 N–H and O–H groups in total. The third-order valence-electron chi connectivity index (χ3n) is 5.56. The lowest BCUT2D eigenvalue weighted by atomic mass is 9.77. The number of carbonyl (C=O) groups is 1. The van der Waals surface area contributed by atoms with Gasteiger partial charge in [-0.25, -0.2) is 0 Å². The fourth-order valence-electron chi connectivity index (χ4n) is 4.00. The van der Waals surface area contributed by atoms with Crippen LogP contribution in [0.4, 0.5) is 0 Å². The van der Waals surface area contributed by atoms with Crippen molar-refractivity contribution in [1.29, 1.82) is 0 Å². The van der Waals surface area contributed by atoms with Crippen molar-refractivity contribution in [1.82, 2.24) is 0 Å². The van der Waals surface area contributed by atoms with E-state index in [1.165, 1.54) is 56.9 Å². The average molecular weight is 393 g/mol. The van der Waals surface area contributed by atoms with Crippen molar-refractivity contribution in [2.24, 2.45) is 5.92 Å². The van der Waals surface area contributed by atoms with Crippen LogP contribution in [0.15, 0.2) is 24.3 Å². The Kier molecular flexibility index (Phi) is 8.52. The number of Topliss-reactive ketones (excluding diaryl/α,β-unsaturated/α-hetero) is 1. The van der Waals surface area contributed by atoms with Crippen LogP contribution < -0.4 is 0 Å². The predicted octanol–water partition coefficient (Wildman–Crippen LogP) is 7.29. The van der Waals surface area contributed by atoms with Gasteiger partial charge in [0.1, 0.15) is 0 Å². The molecule has 2 rings (SSSR count). The third-order valence-corrected chi connectivity index (χ3v) is 6.43. The number of alkyl halides is 1. The van der Waals surface area contributed by atoms with Crippen LogP contribution in [0.1, 0.15) is 99.9 Å². The Bertz CT molecular complexity index is 485. The molecule has 1 unspecified atom stereocenters. The first kappa shape index (κ1) is 19.7. The second kappa shape index (κ2) is 10.4. The van der Waals surface area contributed by atoms with E-state index < -0.39 is 0 Å². The highest BCUT2D eigenvalue weighted by molar-refractivity contribution is 9.10. The zero-order chi connectivity index (χ0) is 17.4. The number of hydrogen-bond donors (Lipinski definition) is 0. The van der Waals surface area contributed by atoms with Crippen LogP contribution in [0.3, 0.4) is 0 Å².